The standard InChI is InChI=1S/C17H18N2O2/c1-2-14-8-10-15(11-9-14)12-13-18-19-17(20)21-16-6-4-3-5-7-16/h3-11,13H,2,12H2,1H3,(H,19,20). The smallest absolute Gasteiger partial charge is 0.409 e. The van der Waals surface area contributed by atoms with Crippen molar-refractivity contribution in [2.24, 2.45) is 5.10 Å². The van der Waals surface area contributed by atoms with E-state index < -0.39 is 6.09 Å². The number of carbonyl (C=O) groups excluding carboxylic acids is 1. The average molecular weight is 282 g/mol. The number of hydrogen-bond donors (Lipinski definition) is 1. The maximum atomic E-state index is 11.5. The first-order chi connectivity index (χ1) is 10.3. The van der Waals surface area contributed by atoms with Crippen molar-refractivity contribution >= 4 is 12.3 Å². The van der Waals surface area contributed by atoms with E-state index in [-0.39, 0.29) is 0 Å². The molecule has 1 amide bonds. The summed E-state index contributed by atoms with van der Waals surface area (Å²) >= 11 is 0. The Bertz CT molecular complexity index is 592. The molecule has 0 bridgehead atoms. The van der Waals surface area contributed by atoms with Crippen LogP contribution < -0.4 is 10.2 Å². The summed E-state index contributed by atoms with van der Waals surface area (Å²) in [5, 5.41) is 3.86. The Morgan fingerprint density at radius 2 is 1.76 bits per heavy atom. The minimum Gasteiger partial charge on any atom is -0.409 e. The molecule has 0 unspecified atom stereocenters. The number of nitrogens with one attached hydrogen (secondary N) is 1. The van der Waals surface area contributed by atoms with Gasteiger partial charge in [0.25, 0.3) is 0 Å². The summed E-state index contributed by atoms with van der Waals surface area (Å²) in [5.41, 5.74) is 4.79. The Hall–Kier alpha value is -2.62. The number of rotatable bonds is 5. The van der Waals surface area contributed by atoms with E-state index in [0.717, 1.165) is 12.0 Å². The van der Waals surface area contributed by atoms with Gasteiger partial charge in [0.1, 0.15) is 5.75 Å². The lowest BCUT2D eigenvalue weighted by molar-refractivity contribution is 0.201. The minimum atomic E-state index is -0.598. The van der Waals surface area contributed by atoms with Gasteiger partial charge in [-0.15, -0.1) is 0 Å². The fraction of sp³-hybridized carbons (Fsp3) is 0.176. The zero-order chi connectivity index (χ0) is 14.9. The SMILES string of the molecule is CCc1ccc(CC=NNC(=O)Oc2ccccc2)cc1. The number of benzene rings is 2. The number of aryl methyl sites for hydroxylation is 1. The third-order valence-electron chi connectivity index (χ3n) is 2.96. The van der Waals surface area contributed by atoms with Gasteiger partial charge in [-0.25, -0.2) is 10.2 Å². The monoisotopic (exact) mass is 282 g/mol. The van der Waals surface area contributed by atoms with E-state index in [1.807, 2.05) is 6.07 Å². The molecular weight excluding hydrogens is 264 g/mol. The van der Waals surface area contributed by atoms with Crippen molar-refractivity contribution in [2.45, 2.75) is 19.8 Å². The number of amides is 1. The van der Waals surface area contributed by atoms with Crippen LogP contribution in [0, 0.1) is 0 Å². The minimum absolute atomic E-state index is 0.486. The van der Waals surface area contributed by atoms with E-state index in [4.69, 9.17) is 4.74 Å². The van der Waals surface area contributed by atoms with Crippen molar-refractivity contribution in [1.82, 2.24) is 5.43 Å². The van der Waals surface area contributed by atoms with E-state index in [0.29, 0.717) is 12.2 Å². The summed E-state index contributed by atoms with van der Waals surface area (Å²) in [6.07, 6.45) is 2.74. The van der Waals surface area contributed by atoms with Crippen LogP contribution in [-0.2, 0) is 12.8 Å². The number of ether oxygens (including phenoxy) is 1. The highest BCUT2D eigenvalue weighted by atomic mass is 16.6. The third kappa shape index (κ3) is 5.10. The van der Waals surface area contributed by atoms with Crippen LogP contribution in [-0.4, -0.2) is 12.3 Å². The Labute approximate surface area is 124 Å². The molecule has 4 heteroatoms. The fourth-order valence-electron chi connectivity index (χ4n) is 1.78. The van der Waals surface area contributed by atoms with Crippen molar-refractivity contribution in [3.05, 3.63) is 65.7 Å². The van der Waals surface area contributed by atoms with E-state index in [1.54, 1.807) is 30.5 Å². The molecule has 4 nitrogen and oxygen atoms in total. The van der Waals surface area contributed by atoms with Crippen molar-refractivity contribution in [3.8, 4) is 5.75 Å². The molecule has 0 fully saturated rings. The second kappa shape index (κ2) is 7.85. The summed E-state index contributed by atoms with van der Waals surface area (Å²) < 4.78 is 5.03. The zero-order valence-corrected chi connectivity index (χ0v) is 12.0. The lowest BCUT2D eigenvalue weighted by Crippen LogP contribution is -2.21. The van der Waals surface area contributed by atoms with Crippen LogP contribution in [0.25, 0.3) is 0 Å². The summed E-state index contributed by atoms with van der Waals surface area (Å²) in [7, 11) is 0. The van der Waals surface area contributed by atoms with Crippen molar-refractivity contribution in [2.75, 3.05) is 0 Å². The molecule has 108 valence electrons. The molecule has 0 radical (unpaired) electrons. The Balaban J connectivity index is 1.75. The Morgan fingerprint density at radius 3 is 2.43 bits per heavy atom. The molecule has 0 aromatic heterocycles. The van der Waals surface area contributed by atoms with Crippen LogP contribution in [0.15, 0.2) is 59.7 Å². The van der Waals surface area contributed by atoms with Gasteiger partial charge in [0.2, 0.25) is 0 Å². The van der Waals surface area contributed by atoms with Gasteiger partial charge >= 0.3 is 6.09 Å². The Kier molecular flexibility index (Phi) is 5.52. The lowest BCUT2D eigenvalue weighted by Gasteiger charge is -2.02. The van der Waals surface area contributed by atoms with Crippen LogP contribution in [0.2, 0.25) is 0 Å². The average Bonchev–Trinajstić information content (AvgIpc) is 2.53. The summed E-state index contributed by atoms with van der Waals surface area (Å²) in [6, 6.07) is 17.2. The second-order valence-corrected chi connectivity index (χ2v) is 4.50. The van der Waals surface area contributed by atoms with Gasteiger partial charge in [-0.1, -0.05) is 49.4 Å². The molecule has 0 aliphatic carbocycles. The highest BCUT2D eigenvalue weighted by Gasteiger charge is 2.00. The number of carbonyl (C=O) groups is 1. The van der Waals surface area contributed by atoms with Crippen molar-refractivity contribution in [3.63, 3.8) is 0 Å². The number of para-hydroxylation sites is 1. The third-order valence-corrected chi connectivity index (χ3v) is 2.96. The second-order valence-electron chi connectivity index (χ2n) is 4.50. The highest BCUT2D eigenvalue weighted by molar-refractivity contribution is 5.72. The van der Waals surface area contributed by atoms with Crippen LogP contribution in [0.3, 0.4) is 0 Å². The number of nitrogens with zero attached hydrogens (tertiary/aromatic N) is 1. The maximum Gasteiger partial charge on any atom is 0.433 e. The van der Waals surface area contributed by atoms with E-state index >= 15 is 0 Å². The molecule has 0 heterocycles. The lowest BCUT2D eigenvalue weighted by atomic mass is 10.1. The van der Waals surface area contributed by atoms with Gasteiger partial charge in [-0.2, -0.15) is 5.10 Å². The van der Waals surface area contributed by atoms with E-state index in [2.05, 4.69) is 41.7 Å². The van der Waals surface area contributed by atoms with Gasteiger partial charge in [-0.3, -0.25) is 0 Å². The summed E-state index contributed by atoms with van der Waals surface area (Å²) in [4.78, 5) is 11.5. The number of hydrazone groups is 1. The van der Waals surface area contributed by atoms with Crippen molar-refractivity contribution in [1.29, 1.82) is 0 Å². The maximum absolute atomic E-state index is 11.5. The molecule has 2 rings (SSSR count). The summed E-state index contributed by atoms with van der Waals surface area (Å²) in [5.74, 6) is 0.486. The molecule has 2 aromatic rings. The molecule has 0 atom stereocenters. The Morgan fingerprint density at radius 1 is 1.10 bits per heavy atom. The first-order valence-electron chi connectivity index (χ1n) is 6.90. The topological polar surface area (TPSA) is 50.7 Å². The van der Waals surface area contributed by atoms with Crippen LogP contribution >= 0.6 is 0 Å². The van der Waals surface area contributed by atoms with E-state index in [9.17, 15) is 4.79 Å². The number of hydrogen-bond acceptors (Lipinski definition) is 3. The summed E-state index contributed by atoms with van der Waals surface area (Å²) in [6.45, 7) is 2.12. The van der Waals surface area contributed by atoms with Gasteiger partial charge in [0, 0.05) is 12.6 Å². The van der Waals surface area contributed by atoms with E-state index in [1.165, 1.54) is 5.56 Å². The molecule has 0 aliphatic heterocycles. The molecule has 2 aromatic carbocycles. The zero-order valence-electron chi connectivity index (χ0n) is 12.0. The molecule has 1 N–H and O–H groups in total. The van der Waals surface area contributed by atoms with Crippen LogP contribution in [0.1, 0.15) is 18.1 Å². The van der Waals surface area contributed by atoms with Crippen molar-refractivity contribution < 1.29 is 9.53 Å². The van der Waals surface area contributed by atoms with Gasteiger partial charge < -0.3 is 4.74 Å². The predicted octanol–water partition coefficient (Wildman–Crippen LogP) is 3.57. The highest BCUT2D eigenvalue weighted by Crippen LogP contribution is 2.08. The fourth-order valence-corrected chi connectivity index (χ4v) is 1.78. The predicted molar refractivity (Wildman–Crippen MR) is 83.6 cm³/mol. The van der Waals surface area contributed by atoms with Gasteiger partial charge in [0.15, 0.2) is 0 Å². The molecular formula is C17H18N2O2. The normalized spacial score (nSPS) is 10.5. The quantitative estimate of drug-likeness (QED) is 0.673. The molecule has 0 spiro atoms. The first-order valence-corrected chi connectivity index (χ1v) is 6.90. The molecule has 21 heavy (non-hydrogen) atoms. The molecule has 0 saturated heterocycles. The molecule has 0 saturated carbocycles. The van der Waals surface area contributed by atoms with Gasteiger partial charge in [-0.05, 0) is 29.7 Å². The first kappa shape index (κ1) is 14.8. The van der Waals surface area contributed by atoms with Crippen LogP contribution in [0.5, 0.6) is 5.75 Å². The largest absolute Gasteiger partial charge is 0.433 e. The van der Waals surface area contributed by atoms with Crippen LogP contribution in [0.4, 0.5) is 4.79 Å². The van der Waals surface area contributed by atoms with Gasteiger partial charge in [0.05, 0.1) is 0 Å². The molecule has 0 aliphatic rings.